The minimum absolute atomic E-state index is 0.0294. The average Bonchev–Trinajstić information content (AvgIpc) is 2.45. The highest BCUT2D eigenvalue weighted by atomic mass is 19.4. The zero-order valence-electron chi connectivity index (χ0n) is 11.7. The van der Waals surface area contributed by atoms with Crippen molar-refractivity contribution in [3.05, 3.63) is 35.4 Å². The van der Waals surface area contributed by atoms with Gasteiger partial charge in [0.05, 0.1) is 11.7 Å². The predicted molar refractivity (Wildman–Crippen MR) is 72.1 cm³/mol. The number of aliphatic hydroxyl groups excluding tert-OH is 1. The first-order valence-corrected chi connectivity index (χ1v) is 7.27. The summed E-state index contributed by atoms with van der Waals surface area (Å²) in [5, 5.41) is 10.4. The molecular formula is C16H21F3O. The summed E-state index contributed by atoms with van der Waals surface area (Å²) in [6.07, 6.45) is -0.634. The van der Waals surface area contributed by atoms with E-state index in [0.717, 1.165) is 38.2 Å². The first kappa shape index (κ1) is 15.4. The van der Waals surface area contributed by atoms with E-state index in [9.17, 15) is 18.3 Å². The van der Waals surface area contributed by atoms with Gasteiger partial charge in [0.2, 0.25) is 0 Å². The molecule has 1 fully saturated rings. The summed E-state index contributed by atoms with van der Waals surface area (Å²) in [7, 11) is 0. The maximum Gasteiger partial charge on any atom is 0.416 e. The molecule has 4 heteroatoms. The maximum atomic E-state index is 13.0. The number of hydrogen-bond donors (Lipinski definition) is 1. The van der Waals surface area contributed by atoms with Crippen LogP contribution in [0.4, 0.5) is 13.2 Å². The van der Waals surface area contributed by atoms with Crippen LogP contribution in [-0.4, -0.2) is 5.11 Å². The Balaban J connectivity index is 2.23. The van der Waals surface area contributed by atoms with Crippen LogP contribution in [0.1, 0.15) is 56.3 Å². The third kappa shape index (κ3) is 3.35. The highest BCUT2D eigenvalue weighted by Crippen LogP contribution is 2.42. The van der Waals surface area contributed by atoms with E-state index in [-0.39, 0.29) is 11.5 Å². The normalized spacial score (nSPS) is 25.4. The Bertz CT molecular complexity index is 442. The molecule has 0 aliphatic heterocycles. The van der Waals surface area contributed by atoms with Gasteiger partial charge in [-0.15, -0.1) is 0 Å². The smallest absolute Gasteiger partial charge is 0.388 e. The van der Waals surface area contributed by atoms with Crippen LogP contribution >= 0.6 is 0 Å². The van der Waals surface area contributed by atoms with Crippen molar-refractivity contribution in [2.45, 2.75) is 51.3 Å². The van der Waals surface area contributed by atoms with Gasteiger partial charge in [-0.3, -0.25) is 0 Å². The molecule has 0 aromatic heterocycles. The van der Waals surface area contributed by atoms with Crippen molar-refractivity contribution in [3.63, 3.8) is 0 Å². The monoisotopic (exact) mass is 286 g/mol. The average molecular weight is 286 g/mol. The van der Waals surface area contributed by atoms with E-state index in [0.29, 0.717) is 5.92 Å². The SMILES string of the molecule is CCC1CCCC(C(O)c2ccccc2C(F)(F)F)C1. The molecule has 0 heterocycles. The second-order valence-electron chi connectivity index (χ2n) is 5.73. The molecule has 1 saturated carbocycles. The molecule has 2 rings (SSSR count). The largest absolute Gasteiger partial charge is 0.416 e. The van der Waals surface area contributed by atoms with Crippen LogP contribution in [0.2, 0.25) is 0 Å². The molecule has 1 nitrogen and oxygen atoms in total. The molecule has 3 atom stereocenters. The number of hydrogen-bond acceptors (Lipinski definition) is 1. The molecular weight excluding hydrogens is 265 g/mol. The molecule has 20 heavy (non-hydrogen) atoms. The quantitative estimate of drug-likeness (QED) is 0.833. The lowest BCUT2D eigenvalue weighted by molar-refractivity contribution is -0.139. The summed E-state index contributed by atoms with van der Waals surface area (Å²) in [5.74, 6) is 0.471. The predicted octanol–water partition coefficient (Wildman–Crippen LogP) is 4.96. The Hall–Kier alpha value is -1.03. The van der Waals surface area contributed by atoms with E-state index >= 15 is 0 Å². The highest BCUT2D eigenvalue weighted by molar-refractivity contribution is 5.32. The summed E-state index contributed by atoms with van der Waals surface area (Å²) >= 11 is 0. The first-order valence-electron chi connectivity index (χ1n) is 7.27. The van der Waals surface area contributed by atoms with Gasteiger partial charge >= 0.3 is 6.18 Å². The van der Waals surface area contributed by atoms with E-state index in [1.807, 2.05) is 0 Å². The van der Waals surface area contributed by atoms with Gasteiger partial charge in [-0.1, -0.05) is 44.4 Å². The molecule has 1 aliphatic rings. The Kier molecular flexibility index (Phi) is 4.74. The fourth-order valence-corrected chi connectivity index (χ4v) is 3.26. The second kappa shape index (κ2) is 6.17. The van der Waals surface area contributed by atoms with Crippen LogP contribution in [0.15, 0.2) is 24.3 Å². The summed E-state index contributed by atoms with van der Waals surface area (Å²) in [6, 6.07) is 5.39. The van der Waals surface area contributed by atoms with E-state index < -0.39 is 17.8 Å². The van der Waals surface area contributed by atoms with Crippen LogP contribution < -0.4 is 0 Å². The van der Waals surface area contributed by atoms with Crippen LogP contribution in [0.3, 0.4) is 0 Å². The highest BCUT2D eigenvalue weighted by Gasteiger charge is 2.37. The number of halogens is 3. The van der Waals surface area contributed by atoms with Crippen LogP contribution in [-0.2, 0) is 6.18 Å². The number of aliphatic hydroxyl groups is 1. The van der Waals surface area contributed by atoms with Crippen molar-refractivity contribution in [1.29, 1.82) is 0 Å². The maximum absolute atomic E-state index is 13.0. The van der Waals surface area contributed by atoms with Gasteiger partial charge in [-0.25, -0.2) is 0 Å². The Morgan fingerprint density at radius 1 is 1.25 bits per heavy atom. The van der Waals surface area contributed by atoms with E-state index in [2.05, 4.69) is 6.92 Å². The topological polar surface area (TPSA) is 20.2 Å². The minimum Gasteiger partial charge on any atom is -0.388 e. The van der Waals surface area contributed by atoms with E-state index in [1.165, 1.54) is 12.1 Å². The van der Waals surface area contributed by atoms with Gasteiger partial charge in [-0.2, -0.15) is 13.2 Å². The van der Waals surface area contributed by atoms with Gasteiger partial charge in [0.15, 0.2) is 0 Å². The molecule has 1 aromatic carbocycles. The minimum atomic E-state index is -4.41. The van der Waals surface area contributed by atoms with Gasteiger partial charge in [0.1, 0.15) is 0 Å². The summed E-state index contributed by atoms with van der Waals surface area (Å²) < 4.78 is 39.0. The Morgan fingerprint density at radius 3 is 2.60 bits per heavy atom. The standard InChI is InChI=1S/C16H21F3O/c1-2-11-6-5-7-12(10-11)15(20)13-8-3-4-9-14(13)16(17,18)19/h3-4,8-9,11-12,15,20H,2,5-7,10H2,1H3. The number of rotatable bonds is 3. The fourth-order valence-electron chi connectivity index (χ4n) is 3.26. The second-order valence-corrected chi connectivity index (χ2v) is 5.73. The number of benzene rings is 1. The van der Waals surface area contributed by atoms with Crippen LogP contribution in [0.5, 0.6) is 0 Å². The zero-order valence-corrected chi connectivity index (χ0v) is 11.7. The van der Waals surface area contributed by atoms with Crippen molar-refractivity contribution >= 4 is 0 Å². The van der Waals surface area contributed by atoms with E-state index in [4.69, 9.17) is 0 Å². The lowest BCUT2D eigenvalue weighted by Gasteiger charge is -2.32. The Labute approximate surface area is 117 Å². The van der Waals surface area contributed by atoms with Crippen molar-refractivity contribution in [3.8, 4) is 0 Å². The molecule has 112 valence electrons. The molecule has 0 radical (unpaired) electrons. The lowest BCUT2D eigenvalue weighted by atomic mass is 9.75. The molecule has 0 bridgehead atoms. The van der Waals surface area contributed by atoms with Crippen molar-refractivity contribution in [2.24, 2.45) is 11.8 Å². The van der Waals surface area contributed by atoms with Gasteiger partial charge in [-0.05, 0) is 36.3 Å². The Morgan fingerprint density at radius 2 is 1.95 bits per heavy atom. The van der Waals surface area contributed by atoms with Crippen LogP contribution in [0.25, 0.3) is 0 Å². The van der Waals surface area contributed by atoms with Crippen molar-refractivity contribution < 1.29 is 18.3 Å². The van der Waals surface area contributed by atoms with Gasteiger partial charge in [0, 0.05) is 0 Å². The van der Waals surface area contributed by atoms with Crippen molar-refractivity contribution in [2.75, 3.05) is 0 Å². The van der Waals surface area contributed by atoms with Gasteiger partial charge in [0.25, 0.3) is 0 Å². The van der Waals surface area contributed by atoms with Crippen LogP contribution in [0, 0.1) is 11.8 Å². The van der Waals surface area contributed by atoms with Gasteiger partial charge < -0.3 is 5.11 Å². The fraction of sp³-hybridized carbons (Fsp3) is 0.625. The third-order valence-corrected chi connectivity index (χ3v) is 4.43. The summed E-state index contributed by atoms with van der Waals surface area (Å²) in [4.78, 5) is 0. The molecule has 3 unspecified atom stereocenters. The zero-order chi connectivity index (χ0) is 14.8. The molecule has 0 spiro atoms. The molecule has 1 aliphatic carbocycles. The molecule has 1 N–H and O–H groups in total. The first-order chi connectivity index (χ1) is 9.43. The number of alkyl halides is 3. The third-order valence-electron chi connectivity index (χ3n) is 4.43. The lowest BCUT2D eigenvalue weighted by Crippen LogP contribution is -2.23. The molecule has 1 aromatic rings. The van der Waals surface area contributed by atoms with Crippen molar-refractivity contribution in [1.82, 2.24) is 0 Å². The molecule has 0 amide bonds. The summed E-state index contributed by atoms with van der Waals surface area (Å²) in [5.41, 5.74) is -0.673. The van der Waals surface area contributed by atoms with E-state index in [1.54, 1.807) is 6.07 Å². The molecule has 0 saturated heterocycles. The summed E-state index contributed by atoms with van der Waals surface area (Å²) in [6.45, 7) is 2.10.